The zero-order valence-corrected chi connectivity index (χ0v) is 17.7. The van der Waals surface area contributed by atoms with Crippen molar-refractivity contribution < 1.29 is 0 Å². The van der Waals surface area contributed by atoms with Crippen LogP contribution in [0.3, 0.4) is 0 Å². The molecule has 0 aliphatic rings. The third-order valence-corrected chi connectivity index (χ3v) is 10.2. The van der Waals surface area contributed by atoms with Crippen LogP contribution in [0.2, 0.25) is 0 Å². The van der Waals surface area contributed by atoms with Crippen LogP contribution in [-0.2, 0) is 0 Å². The SMILES string of the molecule is Cc1ccc([PH](c2ccc(C)cc2)(c2ccc(C)cc2)c2ccccn2)cc1. The van der Waals surface area contributed by atoms with Gasteiger partial charge in [-0.25, -0.2) is 0 Å². The third kappa shape index (κ3) is 3.28. The second-order valence-corrected chi connectivity index (χ2v) is 11.3. The van der Waals surface area contributed by atoms with Crippen molar-refractivity contribution in [3.05, 3.63) is 114 Å². The second kappa shape index (κ2) is 7.70. The summed E-state index contributed by atoms with van der Waals surface area (Å²) < 4.78 is 0. The molecule has 0 saturated carbocycles. The minimum absolute atomic E-state index is 1.17. The van der Waals surface area contributed by atoms with Gasteiger partial charge in [-0.3, -0.25) is 0 Å². The molecular formula is C26H26NP. The first-order chi connectivity index (χ1) is 13.6. The molecule has 4 rings (SSSR count). The minimum atomic E-state index is -2.48. The average Bonchev–Trinajstić information content (AvgIpc) is 2.73. The van der Waals surface area contributed by atoms with Crippen molar-refractivity contribution in [2.24, 2.45) is 0 Å². The van der Waals surface area contributed by atoms with Gasteiger partial charge in [-0.15, -0.1) is 0 Å². The molecule has 1 aromatic heterocycles. The Morgan fingerprint density at radius 1 is 0.500 bits per heavy atom. The molecular weight excluding hydrogens is 357 g/mol. The maximum atomic E-state index is 4.91. The monoisotopic (exact) mass is 383 g/mol. The molecule has 3 aromatic carbocycles. The van der Waals surface area contributed by atoms with Gasteiger partial charge in [0.1, 0.15) is 0 Å². The van der Waals surface area contributed by atoms with E-state index in [1.165, 1.54) is 38.0 Å². The molecule has 0 radical (unpaired) electrons. The number of aryl methyl sites for hydroxylation is 3. The van der Waals surface area contributed by atoms with Crippen LogP contribution in [0.15, 0.2) is 97.2 Å². The molecule has 4 aromatic rings. The predicted molar refractivity (Wildman–Crippen MR) is 125 cm³/mol. The Balaban J connectivity index is 2.11. The molecule has 140 valence electrons. The number of nitrogens with zero attached hydrogens (tertiary/aromatic N) is 1. The molecule has 1 nitrogen and oxygen atoms in total. The van der Waals surface area contributed by atoms with Gasteiger partial charge in [0.15, 0.2) is 0 Å². The van der Waals surface area contributed by atoms with Gasteiger partial charge >= 0.3 is 168 Å². The fraction of sp³-hybridized carbons (Fsp3) is 0.115. The fourth-order valence-corrected chi connectivity index (χ4v) is 8.44. The van der Waals surface area contributed by atoms with E-state index >= 15 is 0 Å². The van der Waals surface area contributed by atoms with Gasteiger partial charge in [-0.1, -0.05) is 0 Å². The third-order valence-electron chi connectivity index (χ3n) is 5.50. The first-order valence-corrected chi connectivity index (χ1v) is 11.7. The molecule has 1 heterocycles. The molecule has 0 atom stereocenters. The number of hydrogen-bond donors (Lipinski definition) is 0. The standard InChI is InChI=1S/C26H26NP/c1-20-7-13-23(14-8-20)28(26-6-4-5-19-27-26,24-15-9-21(2)10-16-24)25-17-11-22(3)12-18-25/h4-19,28H,1-3H3. The summed E-state index contributed by atoms with van der Waals surface area (Å²) in [6, 6.07) is 33.5. The summed E-state index contributed by atoms with van der Waals surface area (Å²) in [5.41, 5.74) is 5.01. The molecule has 0 spiro atoms. The number of hydrogen-bond acceptors (Lipinski definition) is 1. The summed E-state index contributed by atoms with van der Waals surface area (Å²) in [4.78, 5) is 4.91. The molecule has 0 saturated heterocycles. The van der Waals surface area contributed by atoms with Crippen LogP contribution in [-0.4, -0.2) is 4.98 Å². The fourth-order valence-electron chi connectivity index (χ4n) is 3.94. The van der Waals surface area contributed by atoms with Crippen molar-refractivity contribution in [3.8, 4) is 0 Å². The van der Waals surface area contributed by atoms with Crippen LogP contribution in [0.25, 0.3) is 0 Å². The molecule has 0 aliphatic carbocycles. The summed E-state index contributed by atoms with van der Waals surface area (Å²) in [6.45, 7) is 6.43. The summed E-state index contributed by atoms with van der Waals surface area (Å²) >= 11 is 0. The van der Waals surface area contributed by atoms with E-state index < -0.39 is 7.26 Å². The van der Waals surface area contributed by atoms with Crippen molar-refractivity contribution >= 4 is 28.6 Å². The Morgan fingerprint density at radius 3 is 1.21 bits per heavy atom. The Labute approximate surface area is 168 Å². The first kappa shape index (κ1) is 18.6. The van der Waals surface area contributed by atoms with E-state index in [0.29, 0.717) is 0 Å². The number of aromatic nitrogens is 1. The summed E-state index contributed by atoms with van der Waals surface area (Å²) in [7, 11) is -2.48. The average molecular weight is 383 g/mol. The van der Waals surface area contributed by atoms with E-state index in [1.807, 2.05) is 12.3 Å². The molecule has 0 N–H and O–H groups in total. The van der Waals surface area contributed by atoms with Crippen LogP contribution < -0.4 is 21.3 Å². The molecule has 2 heteroatoms. The van der Waals surface area contributed by atoms with Crippen molar-refractivity contribution in [1.29, 1.82) is 0 Å². The van der Waals surface area contributed by atoms with Gasteiger partial charge in [-0.2, -0.15) is 0 Å². The molecule has 0 amide bonds. The molecule has 0 aliphatic heterocycles. The van der Waals surface area contributed by atoms with Crippen molar-refractivity contribution in [2.45, 2.75) is 20.8 Å². The number of pyridine rings is 1. The quantitative estimate of drug-likeness (QED) is 0.477. The van der Waals surface area contributed by atoms with Crippen molar-refractivity contribution in [3.63, 3.8) is 0 Å². The molecule has 0 bridgehead atoms. The maximum absolute atomic E-state index is 4.91. The topological polar surface area (TPSA) is 12.9 Å². The van der Waals surface area contributed by atoms with Gasteiger partial charge in [-0.05, 0) is 0 Å². The van der Waals surface area contributed by atoms with E-state index in [1.54, 1.807) is 0 Å². The molecule has 0 unspecified atom stereocenters. The van der Waals surface area contributed by atoms with Crippen LogP contribution in [0.1, 0.15) is 16.7 Å². The van der Waals surface area contributed by atoms with Crippen LogP contribution >= 0.6 is 7.26 Å². The molecule has 0 fully saturated rings. The summed E-state index contributed by atoms with van der Waals surface area (Å²) in [5.74, 6) is 0. The normalized spacial score (nSPS) is 12.0. The Bertz CT molecular complexity index is 939. The second-order valence-electron chi connectivity index (χ2n) is 7.56. The van der Waals surface area contributed by atoms with Gasteiger partial charge in [0.05, 0.1) is 0 Å². The van der Waals surface area contributed by atoms with Gasteiger partial charge in [0.2, 0.25) is 0 Å². The van der Waals surface area contributed by atoms with E-state index in [0.717, 1.165) is 0 Å². The summed E-state index contributed by atoms with van der Waals surface area (Å²) in [5, 5.41) is 4.10. The van der Waals surface area contributed by atoms with Crippen molar-refractivity contribution in [2.75, 3.05) is 0 Å². The van der Waals surface area contributed by atoms with Crippen LogP contribution in [0.5, 0.6) is 0 Å². The zero-order chi connectivity index (χ0) is 19.6. The van der Waals surface area contributed by atoms with E-state index in [-0.39, 0.29) is 0 Å². The van der Waals surface area contributed by atoms with Gasteiger partial charge < -0.3 is 0 Å². The molecule has 28 heavy (non-hydrogen) atoms. The summed E-state index contributed by atoms with van der Waals surface area (Å²) in [6.07, 6.45) is 1.92. The van der Waals surface area contributed by atoms with Gasteiger partial charge in [0.25, 0.3) is 0 Å². The first-order valence-electron chi connectivity index (χ1n) is 9.73. The van der Waals surface area contributed by atoms with Crippen LogP contribution in [0.4, 0.5) is 0 Å². The van der Waals surface area contributed by atoms with Crippen molar-refractivity contribution in [1.82, 2.24) is 4.98 Å². The predicted octanol–water partition coefficient (Wildman–Crippen LogP) is 4.36. The zero-order valence-electron chi connectivity index (χ0n) is 16.7. The number of benzene rings is 3. The van der Waals surface area contributed by atoms with E-state index in [4.69, 9.17) is 4.98 Å². The van der Waals surface area contributed by atoms with Gasteiger partial charge in [0, 0.05) is 0 Å². The van der Waals surface area contributed by atoms with E-state index in [9.17, 15) is 0 Å². The Hall–Kier alpha value is -2.76. The van der Waals surface area contributed by atoms with E-state index in [2.05, 4.69) is 106 Å². The Morgan fingerprint density at radius 2 is 0.893 bits per heavy atom. The Kier molecular flexibility index (Phi) is 5.11. The van der Waals surface area contributed by atoms with Crippen LogP contribution in [0, 0.1) is 20.8 Å². The number of rotatable bonds is 4.